The van der Waals surface area contributed by atoms with E-state index in [9.17, 15) is 0 Å². The third kappa shape index (κ3) is 8.58. The van der Waals surface area contributed by atoms with Crippen molar-refractivity contribution >= 4 is 16.2 Å². The number of aryl methyl sites for hydroxylation is 1. The standard InChI is InChI=1S/C16H13.C9H13.C2H6Si.2ClH.Zr/c1-12-6-5-9-14-10-11-15(16(12)14)13-7-3-2-4-8-13;1-6-5-7(2)9(4)8(6)3;1-3-2;;;/h2-11H,1H3;6H,1-4H3;1-2H3;2*1H;/q2*-1;;;;+2/p-2. The van der Waals surface area contributed by atoms with Crippen LogP contribution in [-0.4, -0.2) is 5.43 Å². The van der Waals surface area contributed by atoms with Crippen molar-refractivity contribution in [2.24, 2.45) is 5.92 Å². The van der Waals surface area contributed by atoms with Crippen LogP contribution >= 0.6 is 0 Å². The number of halogens is 2. The molecule has 1 atom stereocenters. The van der Waals surface area contributed by atoms with Gasteiger partial charge in [0.05, 0.1) is 0 Å². The molecule has 0 spiro atoms. The van der Waals surface area contributed by atoms with Crippen molar-refractivity contribution in [2.45, 2.75) is 47.7 Å². The van der Waals surface area contributed by atoms with E-state index < -0.39 is 0 Å². The first-order valence-electron chi connectivity index (χ1n) is 10.2. The fraction of sp³-hybridized carbons (Fsp3) is 0.296. The molecule has 0 N–H and O–H groups in total. The van der Waals surface area contributed by atoms with E-state index in [0.29, 0.717) is 5.92 Å². The molecule has 0 radical (unpaired) electrons. The Bertz CT molecular complexity index is 1040. The molecule has 0 nitrogen and oxygen atoms in total. The van der Waals surface area contributed by atoms with Crippen LogP contribution < -0.4 is 24.8 Å². The van der Waals surface area contributed by atoms with Crippen molar-refractivity contribution in [1.29, 1.82) is 0 Å². The third-order valence-corrected chi connectivity index (χ3v) is 5.33. The van der Waals surface area contributed by atoms with Gasteiger partial charge in [0.25, 0.3) is 0 Å². The Kier molecular flexibility index (Phi) is 14.0. The molecular formula is C27H32Cl2SiZr-2. The van der Waals surface area contributed by atoms with Gasteiger partial charge in [0, 0.05) is 0 Å². The second kappa shape index (κ2) is 14.4. The molecule has 1 aliphatic rings. The van der Waals surface area contributed by atoms with E-state index in [-0.39, 0.29) is 30.2 Å². The zero-order chi connectivity index (χ0) is 21.6. The molecule has 0 amide bonds. The summed E-state index contributed by atoms with van der Waals surface area (Å²) in [7, 11) is 0. The van der Waals surface area contributed by atoms with Crippen LogP contribution in [-0.2, 0) is 23.3 Å². The van der Waals surface area contributed by atoms with Gasteiger partial charge in [-0.2, -0.15) is 11.1 Å². The fourth-order valence-electron chi connectivity index (χ4n) is 3.47. The topological polar surface area (TPSA) is 0 Å². The van der Waals surface area contributed by atoms with Crippen molar-refractivity contribution in [1.82, 2.24) is 0 Å². The van der Waals surface area contributed by atoms with Crippen LogP contribution in [0.15, 0.2) is 77.4 Å². The molecule has 31 heavy (non-hydrogen) atoms. The van der Waals surface area contributed by atoms with Gasteiger partial charge in [-0.25, -0.2) is 5.57 Å². The zero-order valence-electron chi connectivity index (χ0n) is 19.6. The van der Waals surface area contributed by atoms with Crippen LogP contribution in [0, 0.1) is 18.9 Å². The molecule has 0 saturated carbocycles. The minimum atomic E-state index is 0. The molecule has 0 fully saturated rings. The maximum absolute atomic E-state index is 3.36. The van der Waals surface area contributed by atoms with Crippen molar-refractivity contribution in [3.63, 3.8) is 0 Å². The van der Waals surface area contributed by atoms with E-state index in [4.69, 9.17) is 0 Å². The molecule has 1 aliphatic carbocycles. The van der Waals surface area contributed by atoms with Crippen molar-refractivity contribution in [3.8, 4) is 11.1 Å². The molecule has 3 aromatic rings. The van der Waals surface area contributed by atoms with Crippen LogP contribution in [0.25, 0.3) is 21.9 Å². The van der Waals surface area contributed by atoms with Gasteiger partial charge in [-0.05, 0) is 6.92 Å². The Balaban J connectivity index is 0.000000516. The number of benzene rings is 2. The summed E-state index contributed by atoms with van der Waals surface area (Å²) < 4.78 is 0. The van der Waals surface area contributed by atoms with Crippen molar-refractivity contribution in [3.05, 3.63) is 89.0 Å². The first-order chi connectivity index (χ1) is 13.7. The van der Waals surface area contributed by atoms with Crippen molar-refractivity contribution in [2.75, 3.05) is 0 Å². The third-order valence-electron chi connectivity index (χ3n) is 5.33. The predicted molar refractivity (Wildman–Crippen MR) is 127 cm³/mol. The monoisotopic (exact) mass is 544 g/mol. The van der Waals surface area contributed by atoms with Gasteiger partial charge in [0.15, 0.2) is 0 Å². The molecule has 0 saturated heterocycles. The first-order valence-corrected chi connectivity index (χ1v) is 16.4. The van der Waals surface area contributed by atoms with Gasteiger partial charge in [0.1, 0.15) is 0 Å². The van der Waals surface area contributed by atoms with Gasteiger partial charge in [0.2, 0.25) is 0 Å². The predicted octanol–water partition coefficient (Wildman–Crippen LogP) is 2.05. The smallest absolute Gasteiger partial charge is 0.0487 e. The van der Waals surface area contributed by atoms with Crippen LogP contribution in [0.4, 0.5) is 0 Å². The largest absolute Gasteiger partial charge is 1.00 e. The average molecular weight is 547 g/mol. The minimum Gasteiger partial charge on any atom is -1.00 e. The van der Waals surface area contributed by atoms with E-state index in [2.05, 4.69) is 114 Å². The molecule has 0 aromatic heterocycles. The van der Waals surface area contributed by atoms with E-state index in [0.717, 1.165) is 0 Å². The normalized spacial score (nSPS) is 14.4. The summed E-state index contributed by atoms with van der Waals surface area (Å²) in [6, 6.07) is 21.5. The summed E-state index contributed by atoms with van der Waals surface area (Å²) in [5, 5.41) is 2.72. The molecule has 1 unspecified atom stereocenters. The molecule has 0 heterocycles. The van der Waals surface area contributed by atoms with Crippen molar-refractivity contribution < 1.29 is 48.1 Å². The van der Waals surface area contributed by atoms with Gasteiger partial charge in [-0.3, -0.25) is 6.08 Å². The van der Waals surface area contributed by atoms with E-state index in [1.54, 1.807) is 23.3 Å². The number of fused-ring (bicyclic) bond motifs is 1. The van der Waals surface area contributed by atoms with Crippen LogP contribution in [0.1, 0.15) is 33.3 Å². The summed E-state index contributed by atoms with van der Waals surface area (Å²) in [5.41, 5.74) is 8.44. The molecular weight excluding hydrogens is 515 g/mol. The Morgan fingerprint density at radius 3 is 1.94 bits per heavy atom. The Morgan fingerprint density at radius 1 is 0.903 bits per heavy atom. The second-order valence-electron chi connectivity index (χ2n) is 7.95. The summed E-state index contributed by atoms with van der Waals surface area (Å²) in [4.78, 5) is 0. The summed E-state index contributed by atoms with van der Waals surface area (Å²) in [6.45, 7) is 15.5. The van der Waals surface area contributed by atoms with Crippen LogP contribution in [0.5, 0.6) is 0 Å². The maximum atomic E-state index is 3.36. The van der Waals surface area contributed by atoms with Gasteiger partial charge < -0.3 is 24.8 Å². The van der Waals surface area contributed by atoms with Gasteiger partial charge in [-0.1, -0.05) is 74.2 Å². The molecule has 3 aromatic carbocycles. The Morgan fingerprint density at radius 2 is 1.48 bits per heavy atom. The summed E-state index contributed by atoms with van der Waals surface area (Å²) in [5.74, 6) is 0.560. The summed E-state index contributed by atoms with van der Waals surface area (Å²) in [6.07, 6.45) is 3.36. The van der Waals surface area contributed by atoms with Crippen LogP contribution in [0.2, 0.25) is 13.1 Å². The number of hydrogen-bond acceptors (Lipinski definition) is 0. The average Bonchev–Trinajstić information content (AvgIpc) is 3.21. The summed E-state index contributed by atoms with van der Waals surface area (Å²) >= 11 is 1.74. The molecule has 4 heteroatoms. The number of allylic oxidation sites excluding steroid dienone is 4. The minimum absolute atomic E-state index is 0. The number of rotatable bonds is 1. The van der Waals surface area contributed by atoms with E-state index in [1.165, 1.54) is 44.2 Å². The zero-order valence-corrected chi connectivity index (χ0v) is 24.6. The SMILES string of the molecule is CC1=[C-]C(C)C(C)=C1C.C[Si](C)=[Zr+2].Cc1cccc2[cH-]cc(-c3ccccc3)c12.[Cl-].[Cl-]. The van der Waals surface area contributed by atoms with Crippen LogP contribution in [0.3, 0.4) is 0 Å². The fourth-order valence-corrected chi connectivity index (χ4v) is 3.47. The van der Waals surface area contributed by atoms with Gasteiger partial charge >= 0.3 is 41.9 Å². The second-order valence-corrected chi connectivity index (χ2v) is 17.3. The van der Waals surface area contributed by atoms with E-state index >= 15 is 0 Å². The molecule has 164 valence electrons. The number of hydrogen-bond donors (Lipinski definition) is 0. The Hall–Kier alpha value is -0.790. The van der Waals surface area contributed by atoms with E-state index in [1.807, 2.05) is 0 Å². The quantitative estimate of drug-likeness (QED) is 0.324. The Labute approximate surface area is 216 Å². The first kappa shape index (κ1) is 30.2. The molecule has 0 bridgehead atoms. The van der Waals surface area contributed by atoms with Gasteiger partial charge in [-0.15, -0.1) is 47.5 Å². The molecule has 0 aliphatic heterocycles. The molecule has 4 rings (SSSR count). The maximum Gasteiger partial charge on any atom is -0.0487 e.